The Morgan fingerprint density at radius 2 is 2.24 bits per heavy atom. The normalized spacial score (nSPS) is 29.2. The van der Waals surface area contributed by atoms with Gasteiger partial charge in [-0.05, 0) is 12.8 Å². The number of hydrogen-bond donors (Lipinski definition) is 3. The van der Waals surface area contributed by atoms with Gasteiger partial charge < -0.3 is 15.7 Å². The summed E-state index contributed by atoms with van der Waals surface area (Å²) < 4.78 is 0. The lowest BCUT2D eigenvalue weighted by atomic mass is 10.00. The summed E-state index contributed by atoms with van der Waals surface area (Å²) in [5.41, 5.74) is -0.566. The fraction of sp³-hybridized carbons (Fsp3) is 0.917. The molecule has 1 saturated carbocycles. The van der Waals surface area contributed by atoms with Crippen molar-refractivity contribution in [3.63, 3.8) is 0 Å². The van der Waals surface area contributed by atoms with Crippen LogP contribution in [0.25, 0.3) is 0 Å². The SMILES string of the molecule is CNC(=O)C1CNCCN1CC1(O)CCCC1. The van der Waals surface area contributed by atoms with Gasteiger partial charge >= 0.3 is 0 Å². The van der Waals surface area contributed by atoms with Crippen LogP contribution in [0.5, 0.6) is 0 Å². The van der Waals surface area contributed by atoms with Crippen LogP contribution in [0.3, 0.4) is 0 Å². The van der Waals surface area contributed by atoms with E-state index in [4.69, 9.17) is 0 Å². The number of likely N-dealkylation sites (N-methyl/N-ethyl adjacent to an activating group) is 1. The van der Waals surface area contributed by atoms with Gasteiger partial charge in [0.05, 0.1) is 5.60 Å². The molecule has 1 aliphatic heterocycles. The molecule has 2 aliphatic rings. The second-order valence-corrected chi connectivity index (χ2v) is 5.24. The summed E-state index contributed by atoms with van der Waals surface area (Å²) in [4.78, 5) is 13.9. The summed E-state index contributed by atoms with van der Waals surface area (Å²) in [5.74, 6) is 0.0406. The zero-order valence-electron chi connectivity index (χ0n) is 10.5. The lowest BCUT2D eigenvalue weighted by molar-refractivity contribution is -0.128. The topological polar surface area (TPSA) is 64.6 Å². The average molecular weight is 241 g/mol. The Hall–Kier alpha value is -0.650. The van der Waals surface area contributed by atoms with Gasteiger partial charge in [-0.3, -0.25) is 9.69 Å². The molecule has 0 bridgehead atoms. The van der Waals surface area contributed by atoms with Crippen LogP contribution in [0.15, 0.2) is 0 Å². The Morgan fingerprint density at radius 3 is 2.88 bits per heavy atom. The average Bonchev–Trinajstić information content (AvgIpc) is 2.75. The van der Waals surface area contributed by atoms with Crippen molar-refractivity contribution < 1.29 is 9.90 Å². The van der Waals surface area contributed by atoms with Gasteiger partial charge in [0.15, 0.2) is 0 Å². The molecule has 5 heteroatoms. The number of rotatable bonds is 3. The van der Waals surface area contributed by atoms with Crippen LogP contribution in [-0.2, 0) is 4.79 Å². The second-order valence-electron chi connectivity index (χ2n) is 5.24. The van der Waals surface area contributed by atoms with Crippen molar-refractivity contribution in [1.82, 2.24) is 15.5 Å². The van der Waals surface area contributed by atoms with Crippen molar-refractivity contribution in [3.05, 3.63) is 0 Å². The van der Waals surface area contributed by atoms with E-state index in [-0.39, 0.29) is 11.9 Å². The van der Waals surface area contributed by atoms with E-state index in [0.29, 0.717) is 13.1 Å². The molecule has 0 spiro atoms. The van der Waals surface area contributed by atoms with Gasteiger partial charge in [-0.15, -0.1) is 0 Å². The van der Waals surface area contributed by atoms with Gasteiger partial charge in [0.1, 0.15) is 6.04 Å². The van der Waals surface area contributed by atoms with Crippen molar-refractivity contribution in [3.8, 4) is 0 Å². The Labute approximate surface area is 103 Å². The van der Waals surface area contributed by atoms with Crippen LogP contribution in [0, 0.1) is 0 Å². The molecule has 2 rings (SSSR count). The highest BCUT2D eigenvalue weighted by atomic mass is 16.3. The minimum absolute atomic E-state index is 0.0406. The molecule has 1 amide bonds. The van der Waals surface area contributed by atoms with E-state index in [1.54, 1.807) is 7.05 Å². The lowest BCUT2D eigenvalue weighted by Gasteiger charge is -2.39. The Balaban J connectivity index is 1.98. The van der Waals surface area contributed by atoms with E-state index < -0.39 is 5.60 Å². The number of amides is 1. The van der Waals surface area contributed by atoms with E-state index in [9.17, 15) is 9.90 Å². The van der Waals surface area contributed by atoms with Gasteiger partial charge in [0.2, 0.25) is 5.91 Å². The maximum atomic E-state index is 11.8. The number of carbonyl (C=O) groups is 1. The molecule has 1 atom stereocenters. The van der Waals surface area contributed by atoms with E-state index >= 15 is 0 Å². The lowest BCUT2D eigenvalue weighted by Crippen LogP contribution is -2.60. The standard InChI is InChI=1S/C12H23N3O2/c1-13-11(16)10-8-14-6-7-15(10)9-12(17)4-2-3-5-12/h10,14,17H,2-9H2,1H3,(H,13,16). The molecule has 0 radical (unpaired) electrons. The van der Waals surface area contributed by atoms with Crippen molar-refractivity contribution >= 4 is 5.91 Å². The van der Waals surface area contributed by atoms with E-state index in [2.05, 4.69) is 15.5 Å². The van der Waals surface area contributed by atoms with Gasteiger partial charge in [0, 0.05) is 33.2 Å². The highest BCUT2D eigenvalue weighted by molar-refractivity contribution is 5.81. The van der Waals surface area contributed by atoms with Gasteiger partial charge in [-0.25, -0.2) is 0 Å². The third-order valence-corrected chi connectivity index (χ3v) is 3.93. The fourth-order valence-corrected chi connectivity index (χ4v) is 2.93. The monoisotopic (exact) mass is 241 g/mol. The number of hydrogen-bond acceptors (Lipinski definition) is 4. The first-order valence-corrected chi connectivity index (χ1v) is 6.53. The zero-order chi connectivity index (χ0) is 12.3. The highest BCUT2D eigenvalue weighted by Gasteiger charge is 2.37. The third-order valence-electron chi connectivity index (χ3n) is 3.93. The number of β-amino-alcohol motifs (C(OH)–C–C–N with tert-alkyl or cyclic N) is 1. The molecule has 3 N–H and O–H groups in total. The van der Waals surface area contributed by atoms with Gasteiger partial charge in [-0.2, -0.15) is 0 Å². The maximum absolute atomic E-state index is 11.8. The first kappa shape index (κ1) is 12.8. The van der Waals surface area contributed by atoms with Crippen molar-refractivity contribution in [1.29, 1.82) is 0 Å². The molecule has 2 fully saturated rings. The zero-order valence-corrected chi connectivity index (χ0v) is 10.5. The summed E-state index contributed by atoms with van der Waals surface area (Å²) in [6.07, 6.45) is 3.95. The summed E-state index contributed by atoms with van der Waals surface area (Å²) in [6, 6.07) is -0.140. The molecule has 17 heavy (non-hydrogen) atoms. The second kappa shape index (κ2) is 5.33. The molecular formula is C12H23N3O2. The van der Waals surface area contributed by atoms with Crippen LogP contribution in [0.2, 0.25) is 0 Å². The Bertz CT molecular complexity index is 277. The van der Waals surface area contributed by atoms with Crippen LogP contribution >= 0.6 is 0 Å². The number of carbonyl (C=O) groups excluding carboxylic acids is 1. The van der Waals surface area contributed by atoms with Crippen molar-refractivity contribution in [2.45, 2.75) is 37.3 Å². The van der Waals surface area contributed by atoms with Crippen molar-refractivity contribution in [2.24, 2.45) is 0 Å². The first-order chi connectivity index (χ1) is 8.14. The van der Waals surface area contributed by atoms with E-state index in [1.807, 2.05) is 0 Å². The summed E-state index contributed by atoms with van der Waals surface area (Å²) in [7, 11) is 1.67. The molecule has 0 aromatic heterocycles. The molecule has 98 valence electrons. The van der Waals surface area contributed by atoms with Crippen LogP contribution in [0.4, 0.5) is 0 Å². The molecule has 1 saturated heterocycles. The summed E-state index contributed by atoms with van der Waals surface area (Å²) in [6.45, 7) is 3.03. The minimum Gasteiger partial charge on any atom is -0.389 e. The fourth-order valence-electron chi connectivity index (χ4n) is 2.93. The molecule has 1 aliphatic carbocycles. The molecule has 1 unspecified atom stereocenters. The van der Waals surface area contributed by atoms with E-state index in [1.165, 1.54) is 0 Å². The highest BCUT2D eigenvalue weighted by Crippen LogP contribution is 2.30. The van der Waals surface area contributed by atoms with Crippen LogP contribution in [0.1, 0.15) is 25.7 Å². The number of piperazine rings is 1. The van der Waals surface area contributed by atoms with Crippen LogP contribution in [-0.4, -0.2) is 60.8 Å². The molecule has 0 aromatic carbocycles. The quantitative estimate of drug-likeness (QED) is 0.612. The maximum Gasteiger partial charge on any atom is 0.238 e. The van der Waals surface area contributed by atoms with Crippen molar-refractivity contribution in [2.75, 3.05) is 33.2 Å². The smallest absolute Gasteiger partial charge is 0.238 e. The molecular weight excluding hydrogens is 218 g/mol. The summed E-state index contributed by atoms with van der Waals surface area (Å²) in [5, 5.41) is 16.4. The largest absolute Gasteiger partial charge is 0.389 e. The Kier molecular flexibility index (Phi) is 4.01. The van der Waals surface area contributed by atoms with Gasteiger partial charge in [0.25, 0.3) is 0 Å². The van der Waals surface area contributed by atoms with Gasteiger partial charge in [-0.1, -0.05) is 12.8 Å². The molecule has 0 aromatic rings. The minimum atomic E-state index is -0.566. The van der Waals surface area contributed by atoms with Crippen LogP contribution < -0.4 is 10.6 Å². The predicted molar refractivity (Wildman–Crippen MR) is 65.7 cm³/mol. The number of aliphatic hydroxyl groups is 1. The number of nitrogens with one attached hydrogen (secondary N) is 2. The third kappa shape index (κ3) is 2.97. The first-order valence-electron chi connectivity index (χ1n) is 6.53. The number of nitrogens with zero attached hydrogens (tertiary/aromatic N) is 1. The predicted octanol–water partition coefficient (Wildman–Crippen LogP) is -0.689. The summed E-state index contributed by atoms with van der Waals surface area (Å²) >= 11 is 0. The molecule has 1 heterocycles. The Morgan fingerprint density at radius 1 is 1.53 bits per heavy atom. The van der Waals surface area contributed by atoms with E-state index in [0.717, 1.165) is 38.8 Å². The molecule has 5 nitrogen and oxygen atoms in total.